The van der Waals surface area contributed by atoms with Gasteiger partial charge in [0.15, 0.2) is 0 Å². The Morgan fingerprint density at radius 3 is 2.39 bits per heavy atom. The van der Waals surface area contributed by atoms with Gasteiger partial charge >= 0.3 is 0 Å². The van der Waals surface area contributed by atoms with Crippen LogP contribution in [0.1, 0.15) is 48.3 Å². The molecular formula is C12H18N4OS. The molecule has 0 bridgehead atoms. The Labute approximate surface area is 110 Å². The van der Waals surface area contributed by atoms with Gasteiger partial charge < -0.3 is 10.6 Å². The van der Waals surface area contributed by atoms with Gasteiger partial charge in [-0.1, -0.05) is 24.2 Å². The van der Waals surface area contributed by atoms with Crippen LogP contribution in [-0.2, 0) is 0 Å². The van der Waals surface area contributed by atoms with E-state index in [1.54, 1.807) is 0 Å². The molecule has 1 saturated carbocycles. The normalized spacial score (nSPS) is 22.6. The highest BCUT2D eigenvalue weighted by Crippen LogP contribution is 2.46. The molecule has 2 aliphatic rings. The molecule has 3 rings (SSSR count). The molecule has 1 aromatic heterocycles. The zero-order chi connectivity index (χ0) is 12.6. The van der Waals surface area contributed by atoms with Gasteiger partial charge in [0.25, 0.3) is 5.91 Å². The third-order valence-electron chi connectivity index (χ3n) is 4.40. The van der Waals surface area contributed by atoms with Crippen LogP contribution < -0.4 is 5.73 Å². The van der Waals surface area contributed by atoms with Crippen molar-refractivity contribution in [2.75, 3.05) is 18.8 Å². The molecular weight excluding hydrogens is 248 g/mol. The third kappa shape index (κ3) is 2.09. The van der Waals surface area contributed by atoms with E-state index in [0.717, 1.165) is 25.9 Å². The Balaban J connectivity index is 1.64. The van der Waals surface area contributed by atoms with Gasteiger partial charge in [-0.2, -0.15) is 0 Å². The lowest BCUT2D eigenvalue weighted by atomic mass is 9.77. The number of piperidine rings is 1. The van der Waals surface area contributed by atoms with E-state index in [4.69, 9.17) is 5.73 Å². The lowest BCUT2D eigenvalue weighted by Crippen LogP contribution is -2.42. The smallest absolute Gasteiger partial charge is 0.284 e. The minimum Gasteiger partial charge on any atom is -0.374 e. The Morgan fingerprint density at radius 2 is 1.83 bits per heavy atom. The van der Waals surface area contributed by atoms with E-state index in [-0.39, 0.29) is 5.91 Å². The standard InChI is InChI=1S/C12H18N4OS/c13-11-15-14-9(18-11)10(17)16-7-5-12(6-8-16)3-1-2-4-12/h1-8H2,(H2,13,15). The summed E-state index contributed by atoms with van der Waals surface area (Å²) in [5, 5.41) is 8.32. The number of nitrogens with two attached hydrogens (primary N) is 1. The summed E-state index contributed by atoms with van der Waals surface area (Å²) in [6.45, 7) is 1.72. The van der Waals surface area contributed by atoms with Crippen LogP contribution in [0.4, 0.5) is 5.13 Å². The first kappa shape index (κ1) is 11.9. The van der Waals surface area contributed by atoms with Gasteiger partial charge in [-0.05, 0) is 31.1 Å². The average Bonchev–Trinajstić information content (AvgIpc) is 3.00. The summed E-state index contributed by atoms with van der Waals surface area (Å²) in [7, 11) is 0. The fourth-order valence-corrected chi connectivity index (χ4v) is 3.84. The van der Waals surface area contributed by atoms with Crippen LogP contribution >= 0.6 is 11.3 Å². The molecule has 1 spiro atoms. The second-order valence-electron chi connectivity index (χ2n) is 5.44. The number of anilines is 1. The van der Waals surface area contributed by atoms with E-state index in [1.165, 1.54) is 37.0 Å². The molecule has 0 atom stereocenters. The molecule has 1 amide bonds. The highest BCUT2D eigenvalue weighted by atomic mass is 32.1. The minimum atomic E-state index is -0.00273. The summed E-state index contributed by atoms with van der Waals surface area (Å²) in [5.41, 5.74) is 6.05. The molecule has 98 valence electrons. The number of hydrogen-bond donors (Lipinski definition) is 1. The largest absolute Gasteiger partial charge is 0.374 e. The van der Waals surface area contributed by atoms with Gasteiger partial charge in [0.1, 0.15) is 0 Å². The van der Waals surface area contributed by atoms with Crippen LogP contribution in [-0.4, -0.2) is 34.1 Å². The number of likely N-dealkylation sites (tertiary alicyclic amines) is 1. The fourth-order valence-electron chi connectivity index (χ4n) is 3.27. The lowest BCUT2D eigenvalue weighted by molar-refractivity contribution is 0.0586. The van der Waals surface area contributed by atoms with Crippen molar-refractivity contribution in [3.63, 3.8) is 0 Å². The van der Waals surface area contributed by atoms with Crippen molar-refractivity contribution < 1.29 is 4.79 Å². The van der Waals surface area contributed by atoms with E-state index >= 15 is 0 Å². The zero-order valence-corrected chi connectivity index (χ0v) is 11.2. The first-order chi connectivity index (χ1) is 8.69. The Morgan fingerprint density at radius 1 is 1.17 bits per heavy atom. The SMILES string of the molecule is Nc1nnc(C(=O)N2CCC3(CCCC3)CC2)s1. The number of nitrogens with zero attached hydrogens (tertiary/aromatic N) is 3. The minimum absolute atomic E-state index is 0.00273. The molecule has 0 aromatic carbocycles. The number of amides is 1. The summed E-state index contributed by atoms with van der Waals surface area (Å²) in [4.78, 5) is 14.1. The Hall–Kier alpha value is -1.17. The molecule has 0 unspecified atom stereocenters. The molecule has 0 radical (unpaired) electrons. The van der Waals surface area contributed by atoms with E-state index in [2.05, 4.69) is 10.2 Å². The molecule has 18 heavy (non-hydrogen) atoms. The molecule has 5 nitrogen and oxygen atoms in total. The summed E-state index contributed by atoms with van der Waals surface area (Å²) in [6.07, 6.45) is 7.71. The molecule has 2 N–H and O–H groups in total. The van der Waals surface area contributed by atoms with Gasteiger partial charge in [0.05, 0.1) is 0 Å². The highest BCUT2D eigenvalue weighted by molar-refractivity contribution is 7.16. The summed E-state index contributed by atoms with van der Waals surface area (Å²) < 4.78 is 0. The first-order valence-electron chi connectivity index (χ1n) is 6.57. The van der Waals surface area contributed by atoms with E-state index in [1.807, 2.05) is 4.90 Å². The van der Waals surface area contributed by atoms with Crippen molar-refractivity contribution in [1.29, 1.82) is 0 Å². The van der Waals surface area contributed by atoms with Gasteiger partial charge in [0, 0.05) is 13.1 Å². The second-order valence-corrected chi connectivity index (χ2v) is 6.45. The summed E-state index contributed by atoms with van der Waals surface area (Å²) >= 11 is 1.18. The molecule has 6 heteroatoms. The maximum absolute atomic E-state index is 12.2. The molecule has 1 aliphatic carbocycles. The van der Waals surface area contributed by atoms with Crippen LogP contribution in [0.15, 0.2) is 0 Å². The van der Waals surface area contributed by atoms with Crippen molar-refractivity contribution in [2.45, 2.75) is 38.5 Å². The Bertz CT molecular complexity index is 443. The van der Waals surface area contributed by atoms with E-state index < -0.39 is 0 Å². The molecule has 2 heterocycles. The third-order valence-corrected chi connectivity index (χ3v) is 5.14. The van der Waals surface area contributed by atoms with Crippen LogP contribution in [0, 0.1) is 5.41 Å². The maximum atomic E-state index is 12.2. The Kier molecular flexibility index (Phi) is 2.97. The average molecular weight is 266 g/mol. The van der Waals surface area contributed by atoms with Crippen LogP contribution in [0.3, 0.4) is 0 Å². The summed E-state index contributed by atoms with van der Waals surface area (Å²) in [5.74, 6) is -0.00273. The number of hydrogen-bond acceptors (Lipinski definition) is 5. The van der Waals surface area contributed by atoms with Crippen LogP contribution in [0.2, 0.25) is 0 Å². The molecule has 2 fully saturated rings. The van der Waals surface area contributed by atoms with Gasteiger partial charge in [-0.15, -0.1) is 10.2 Å². The number of carbonyl (C=O) groups excluding carboxylic acids is 1. The molecule has 1 aromatic rings. The van der Waals surface area contributed by atoms with Gasteiger partial charge in [-0.3, -0.25) is 4.79 Å². The second kappa shape index (κ2) is 4.50. The molecule has 1 aliphatic heterocycles. The molecule has 1 saturated heterocycles. The lowest BCUT2D eigenvalue weighted by Gasteiger charge is -2.39. The fraction of sp³-hybridized carbons (Fsp3) is 0.750. The van der Waals surface area contributed by atoms with E-state index in [0.29, 0.717) is 15.6 Å². The van der Waals surface area contributed by atoms with Crippen molar-refractivity contribution in [2.24, 2.45) is 5.41 Å². The quantitative estimate of drug-likeness (QED) is 0.843. The predicted octanol–water partition coefficient (Wildman–Crippen LogP) is 1.92. The van der Waals surface area contributed by atoms with Gasteiger partial charge in [-0.25, -0.2) is 0 Å². The number of carbonyl (C=O) groups is 1. The van der Waals surface area contributed by atoms with Gasteiger partial charge in [0.2, 0.25) is 10.1 Å². The maximum Gasteiger partial charge on any atom is 0.284 e. The predicted molar refractivity (Wildman–Crippen MR) is 70.4 cm³/mol. The summed E-state index contributed by atoms with van der Waals surface area (Å²) in [6, 6.07) is 0. The number of nitrogen functional groups attached to an aromatic ring is 1. The van der Waals surface area contributed by atoms with Crippen molar-refractivity contribution in [3.8, 4) is 0 Å². The van der Waals surface area contributed by atoms with Crippen molar-refractivity contribution >= 4 is 22.4 Å². The van der Waals surface area contributed by atoms with Crippen LogP contribution in [0.25, 0.3) is 0 Å². The van der Waals surface area contributed by atoms with Crippen molar-refractivity contribution in [1.82, 2.24) is 15.1 Å². The highest BCUT2D eigenvalue weighted by Gasteiger charge is 2.38. The van der Waals surface area contributed by atoms with Crippen molar-refractivity contribution in [3.05, 3.63) is 5.01 Å². The van der Waals surface area contributed by atoms with E-state index in [9.17, 15) is 4.79 Å². The topological polar surface area (TPSA) is 72.1 Å². The van der Waals surface area contributed by atoms with Crippen LogP contribution in [0.5, 0.6) is 0 Å². The number of aromatic nitrogens is 2. The first-order valence-corrected chi connectivity index (χ1v) is 7.39. The zero-order valence-electron chi connectivity index (χ0n) is 10.4. The number of rotatable bonds is 1. The monoisotopic (exact) mass is 266 g/mol.